The largest absolute Gasteiger partial charge is 0.385 e. The Bertz CT molecular complexity index is 816. The highest BCUT2D eigenvalue weighted by atomic mass is 19.1. The molecule has 0 aliphatic heterocycles. The van der Waals surface area contributed by atoms with Crippen LogP contribution >= 0.6 is 0 Å². The highest BCUT2D eigenvalue weighted by Crippen LogP contribution is 2.15. The van der Waals surface area contributed by atoms with Gasteiger partial charge in [0.1, 0.15) is 5.82 Å². The van der Waals surface area contributed by atoms with Gasteiger partial charge in [0.05, 0.1) is 6.54 Å². The second-order valence-corrected chi connectivity index (χ2v) is 6.76. The van der Waals surface area contributed by atoms with Gasteiger partial charge in [0.25, 0.3) is 0 Å². The van der Waals surface area contributed by atoms with Crippen molar-refractivity contribution >= 4 is 0 Å². The van der Waals surface area contributed by atoms with E-state index in [1.165, 1.54) is 17.3 Å². The van der Waals surface area contributed by atoms with E-state index in [-0.39, 0.29) is 5.82 Å². The smallest absolute Gasteiger partial charge is 0.128 e. The van der Waals surface area contributed by atoms with Gasteiger partial charge in [0.2, 0.25) is 0 Å². The van der Waals surface area contributed by atoms with Crippen LogP contribution in [0.25, 0.3) is 0 Å². The second kappa shape index (κ2) is 10.0. The molecule has 0 saturated carbocycles. The molecule has 142 valence electrons. The first-order valence-corrected chi connectivity index (χ1v) is 9.39. The molecule has 0 unspecified atom stereocenters. The lowest BCUT2D eigenvalue weighted by atomic mass is 10.2. The predicted octanol–water partition coefficient (Wildman–Crippen LogP) is 4.71. The fourth-order valence-electron chi connectivity index (χ4n) is 3.27. The van der Waals surface area contributed by atoms with Gasteiger partial charge in [-0.05, 0) is 30.2 Å². The minimum atomic E-state index is -0.154. The summed E-state index contributed by atoms with van der Waals surface area (Å²) in [6.07, 6.45) is 3.01. The van der Waals surface area contributed by atoms with E-state index < -0.39 is 0 Å². The number of hydrogen-bond donors (Lipinski definition) is 0. The summed E-state index contributed by atoms with van der Waals surface area (Å²) in [5.41, 5.74) is 3.19. The van der Waals surface area contributed by atoms with Gasteiger partial charge in [0.15, 0.2) is 0 Å². The third-order valence-electron chi connectivity index (χ3n) is 4.68. The number of rotatable bonds is 10. The van der Waals surface area contributed by atoms with Crippen LogP contribution < -0.4 is 0 Å². The van der Waals surface area contributed by atoms with Crippen LogP contribution in [0.15, 0.2) is 72.9 Å². The first kappa shape index (κ1) is 19.3. The Morgan fingerprint density at radius 3 is 2.48 bits per heavy atom. The third-order valence-corrected chi connectivity index (χ3v) is 4.68. The highest BCUT2D eigenvalue weighted by Gasteiger charge is 2.11. The number of ether oxygens (including phenoxy) is 1. The molecule has 0 radical (unpaired) electrons. The summed E-state index contributed by atoms with van der Waals surface area (Å²) in [6.45, 7) is 3.96. The minimum absolute atomic E-state index is 0.154. The molecule has 3 rings (SSSR count). The summed E-state index contributed by atoms with van der Waals surface area (Å²) < 4.78 is 21.4. The standard InChI is InChI=1S/C23H27FN2O/c1-27-16-8-14-25(17-20-9-3-2-4-10-20)19-22-12-7-15-26(22)18-21-11-5-6-13-23(21)24/h2-7,9-13,15H,8,14,16-19H2,1H3. The van der Waals surface area contributed by atoms with Gasteiger partial charge in [-0.25, -0.2) is 4.39 Å². The van der Waals surface area contributed by atoms with Gasteiger partial charge >= 0.3 is 0 Å². The Morgan fingerprint density at radius 1 is 0.926 bits per heavy atom. The van der Waals surface area contributed by atoms with Crippen LogP contribution in [0, 0.1) is 5.82 Å². The van der Waals surface area contributed by atoms with Gasteiger partial charge in [-0.2, -0.15) is 0 Å². The zero-order valence-electron chi connectivity index (χ0n) is 15.9. The monoisotopic (exact) mass is 366 g/mol. The number of benzene rings is 2. The summed E-state index contributed by atoms with van der Waals surface area (Å²) in [6, 6.07) is 21.6. The predicted molar refractivity (Wildman–Crippen MR) is 107 cm³/mol. The molecule has 0 bridgehead atoms. The summed E-state index contributed by atoms with van der Waals surface area (Å²) in [7, 11) is 1.74. The van der Waals surface area contributed by atoms with Crippen LogP contribution in [0.4, 0.5) is 4.39 Å². The Hall–Kier alpha value is -2.43. The lowest BCUT2D eigenvalue weighted by Gasteiger charge is -2.23. The Labute approximate surface area is 161 Å². The van der Waals surface area contributed by atoms with E-state index in [2.05, 4.69) is 39.8 Å². The maximum atomic E-state index is 14.0. The number of hydrogen-bond acceptors (Lipinski definition) is 2. The van der Waals surface area contributed by atoms with E-state index >= 15 is 0 Å². The van der Waals surface area contributed by atoms with E-state index in [0.717, 1.165) is 32.7 Å². The van der Waals surface area contributed by atoms with Gasteiger partial charge < -0.3 is 9.30 Å². The van der Waals surface area contributed by atoms with Crippen LogP contribution in [0.3, 0.4) is 0 Å². The summed E-state index contributed by atoms with van der Waals surface area (Å²) in [5.74, 6) is -0.154. The van der Waals surface area contributed by atoms with Crippen LogP contribution in [0.2, 0.25) is 0 Å². The lowest BCUT2D eigenvalue weighted by molar-refractivity contribution is 0.165. The molecule has 0 amide bonds. The number of aromatic nitrogens is 1. The van der Waals surface area contributed by atoms with Crippen molar-refractivity contribution in [3.63, 3.8) is 0 Å². The highest BCUT2D eigenvalue weighted by molar-refractivity contribution is 5.20. The van der Waals surface area contributed by atoms with Crippen molar-refractivity contribution in [3.8, 4) is 0 Å². The average molecular weight is 366 g/mol. The van der Waals surface area contributed by atoms with Crippen molar-refractivity contribution in [3.05, 3.63) is 95.6 Å². The van der Waals surface area contributed by atoms with Crippen LogP contribution in [0.5, 0.6) is 0 Å². The topological polar surface area (TPSA) is 17.4 Å². The van der Waals surface area contributed by atoms with Crippen molar-refractivity contribution in [1.29, 1.82) is 0 Å². The van der Waals surface area contributed by atoms with E-state index in [1.807, 2.05) is 30.5 Å². The fourth-order valence-corrected chi connectivity index (χ4v) is 3.27. The van der Waals surface area contributed by atoms with Crippen molar-refractivity contribution in [2.45, 2.75) is 26.1 Å². The molecule has 3 aromatic rings. The van der Waals surface area contributed by atoms with Crippen molar-refractivity contribution in [1.82, 2.24) is 9.47 Å². The zero-order chi connectivity index (χ0) is 18.9. The normalized spacial score (nSPS) is 11.2. The molecule has 0 N–H and O–H groups in total. The molecule has 2 aromatic carbocycles. The number of methoxy groups -OCH3 is 1. The van der Waals surface area contributed by atoms with E-state index in [4.69, 9.17) is 4.74 Å². The molecule has 3 nitrogen and oxygen atoms in total. The molecule has 0 saturated heterocycles. The van der Waals surface area contributed by atoms with Gasteiger partial charge in [-0.1, -0.05) is 48.5 Å². The van der Waals surface area contributed by atoms with E-state index in [0.29, 0.717) is 12.1 Å². The Kier molecular flexibility index (Phi) is 7.19. The molecule has 0 atom stereocenters. The molecule has 27 heavy (non-hydrogen) atoms. The van der Waals surface area contributed by atoms with Gasteiger partial charge in [-0.15, -0.1) is 0 Å². The van der Waals surface area contributed by atoms with Gasteiger partial charge in [0, 0.05) is 50.8 Å². The maximum absolute atomic E-state index is 14.0. The molecule has 0 spiro atoms. The maximum Gasteiger partial charge on any atom is 0.128 e. The molecular formula is C23H27FN2O. The molecule has 0 fully saturated rings. The van der Waals surface area contributed by atoms with Gasteiger partial charge in [-0.3, -0.25) is 4.90 Å². The fraction of sp³-hybridized carbons (Fsp3) is 0.304. The third kappa shape index (κ3) is 5.78. The molecular weight excluding hydrogens is 339 g/mol. The summed E-state index contributed by atoms with van der Waals surface area (Å²) in [4.78, 5) is 2.42. The van der Waals surface area contributed by atoms with Crippen LogP contribution in [-0.4, -0.2) is 29.7 Å². The molecule has 4 heteroatoms. The van der Waals surface area contributed by atoms with Crippen LogP contribution in [-0.2, 0) is 24.4 Å². The number of nitrogens with zero attached hydrogens (tertiary/aromatic N) is 2. The van der Waals surface area contributed by atoms with Crippen LogP contribution in [0.1, 0.15) is 23.2 Å². The van der Waals surface area contributed by atoms with E-state index in [1.54, 1.807) is 13.2 Å². The minimum Gasteiger partial charge on any atom is -0.385 e. The lowest BCUT2D eigenvalue weighted by Crippen LogP contribution is -2.26. The number of halogens is 1. The summed E-state index contributed by atoms with van der Waals surface area (Å²) >= 11 is 0. The van der Waals surface area contributed by atoms with Crippen molar-refractivity contribution in [2.75, 3.05) is 20.3 Å². The quantitative estimate of drug-likeness (QED) is 0.483. The first-order chi connectivity index (χ1) is 13.3. The second-order valence-electron chi connectivity index (χ2n) is 6.76. The zero-order valence-corrected chi connectivity index (χ0v) is 15.9. The van der Waals surface area contributed by atoms with Crippen molar-refractivity contribution in [2.24, 2.45) is 0 Å². The molecule has 0 aliphatic rings. The first-order valence-electron chi connectivity index (χ1n) is 9.39. The van der Waals surface area contributed by atoms with E-state index in [9.17, 15) is 4.39 Å². The van der Waals surface area contributed by atoms with Crippen molar-refractivity contribution < 1.29 is 9.13 Å². The average Bonchev–Trinajstić information content (AvgIpc) is 3.11. The molecule has 1 aromatic heterocycles. The summed E-state index contributed by atoms with van der Waals surface area (Å²) in [5, 5.41) is 0. The Balaban J connectivity index is 1.71. The molecule has 0 aliphatic carbocycles. The SMILES string of the molecule is COCCCN(Cc1ccccc1)Cc1cccn1Cc1ccccc1F. The Morgan fingerprint density at radius 2 is 1.70 bits per heavy atom. The molecule has 1 heterocycles.